The first kappa shape index (κ1) is 25.8. The quantitative estimate of drug-likeness (QED) is 0.285. The van der Waals surface area contributed by atoms with Gasteiger partial charge in [-0.25, -0.2) is 4.79 Å². The Morgan fingerprint density at radius 1 is 1.16 bits per heavy atom. The fourth-order valence-corrected chi connectivity index (χ4v) is 4.25. The van der Waals surface area contributed by atoms with Gasteiger partial charge >= 0.3 is 17.9 Å². The van der Waals surface area contributed by atoms with Gasteiger partial charge in [-0.1, -0.05) is 29.9 Å². The Morgan fingerprint density at radius 2 is 1.78 bits per heavy atom. The molecule has 0 aromatic rings. The second-order valence-electron chi connectivity index (χ2n) is 8.92. The lowest BCUT2D eigenvalue weighted by atomic mass is 9.78. The van der Waals surface area contributed by atoms with Crippen molar-refractivity contribution < 1.29 is 38.8 Å². The highest BCUT2D eigenvalue weighted by molar-refractivity contribution is 5.91. The molecule has 1 aliphatic heterocycles. The van der Waals surface area contributed by atoms with Gasteiger partial charge in [0.15, 0.2) is 0 Å². The molecule has 0 bridgehead atoms. The molecule has 0 aromatic heterocycles. The van der Waals surface area contributed by atoms with E-state index in [-0.39, 0.29) is 12.0 Å². The Labute approximate surface area is 188 Å². The lowest BCUT2D eigenvalue weighted by Crippen LogP contribution is -2.58. The summed E-state index contributed by atoms with van der Waals surface area (Å²) in [6, 6.07) is 0. The summed E-state index contributed by atoms with van der Waals surface area (Å²) >= 11 is 0. The maximum absolute atomic E-state index is 12.4. The van der Waals surface area contributed by atoms with Crippen molar-refractivity contribution >= 4 is 17.9 Å². The van der Waals surface area contributed by atoms with Gasteiger partial charge in [0.25, 0.3) is 0 Å². The molecule has 1 unspecified atom stereocenters. The maximum atomic E-state index is 12.4. The summed E-state index contributed by atoms with van der Waals surface area (Å²) in [5.41, 5.74) is 0.0666. The molecular formula is C24H34O8. The fourth-order valence-electron chi connectivity index (χ4n) is 4.25. The predicted octanol–water partition coefficient (Wildman–Crippen LogP) is 2.53. The lowest BCUT2D eigenvalue weighted by Gasteiger charge is -2.40. The molecule has 1 aliphatic carbocycles. The molecule has 2 aliphatic rings. The van der Waals surface area contributed by atoms with E-state index in [1.807, 2.05) is 26.0 Å². The van der Waals surface area contributed by atoms with Crippen molar-refractivity contribution in [1.82, 2.24) is 0 Å². The molecular weight excluding hydrogens is 416 g/mol. The van der Waals surface area contributed by atoms with Gasteiger partial charge in [0.1, 0.15) is 30.0 Å². The van der Waals surface area contributed by atoms with Crippen molar-refractivity contribution in [2.45, 2.75) is 90.3 Å². The van der Waals surface area contributed by atoms with E-state index < -0.39 is 53.8 Å². The Kier molecular flexibility index (Phi) is 8.42. The van der Waals surface area contributed by atoms with Gasteiger partial charge in [0.2, 0.25) is 0 Å². The number of aliphatic hydroxyl groups excluding tert-OH is 1. The first-order valence-corrected chi connectivity index (χ1v) is 10.8. The van der Waals surface area contributed by atoms with E-state index in [0.29, 0.717) is 6.42 Å². The minimum Gasteiger partial charge on any atom is -0.461 e. The third-order valence-electron chi connectivity index (χ3n) is 6.08. The summed E-state index contributed by atoms with van der Waals surface area (Å²) in [6.45, 7) is 11.4. The molecule has 0 radical (unpaired) electrons. The van der Waals surface area contributed by atoms with Crippen molar-refractivity contribution in [2.24, 2.45) is 5.92 Å². The Balaban J connectivity index is 2.57. The van der Waals surface area contributed by atoms with Crippen LogP contribution in [0, 0.1) is 5.92 Å². The summed E-state index contributed by atoms with van der Waals surface area (Å²) in [7, 11) is 0. The molecule has 1 fully saturated rings. The predicted molar refractivity (Wildman–Crippen MR) is 116 cm³/mol. The number of fused-ring (bicyclic) bond motifs is 1. The highest BCUT2D eigenvalue weighted by Gasteiger charge is 2.55. The van der Waals surface area contributed by atoms with Crippen LogP contribution in [-0.2, 0) is 28.6 Å². The van der Waals surface area contributed by atoms with Crippen LogP contribution >= 0.6 is 0 Å². The third kappa shape index (κ3) is 6.07. The lowest BCUT2D eigenvalue weighted by molar-refractivity contribution is -0.199. The van der Waals surface area contributed by atoms with Crippen LogP contribution < -0.4 is 0 Å². The van der Waals surface area contributed by atoms with Crippen molar-refractivity contribution in [3.05, 3.63) is 35.5 Å². The van der Waals surface area contributed by atoms with Crippen molar-refractivity contribution in [3.63, 3.8) is 0 Å². The van der Waals surface area contributed by atoms with Crippen LogP contribution in [0.5, 0.6) is 0 Å². The summed E-state index contributed by atoms with van der Waals surface area (Å²) in [4.78, 5) is 35.9. The van der Waals surface area contributed by atoms with Gasteiger partial charge in [-0.2, -0.15) is 0 Å². The molecule has 1 saturated heterocycles. The van der Waals surface area contributed by atoms with Crippen molar-refractivity contribution in [3.8, 4) is 0 Å². The Hall–Kier alpha value is -2.45. The number of rotatable bonds is 2. The van der Waals surface area contributed by atoms with Gasteiger partial charge in [0, 0.05) is 32.3 Å². The number of carbonyl (C=O) groups is 3. The Bertz CT molecular complexity index is 822. The Morgan fingerprint density at radius 3 is 2.38 bits per heavy atom. The van der Waals surface area contributed by atoms with E-state index >= 15 is 0 Å². The first-order valence-electron chi connectivity index (χ1n) is 10.8. The van der Waals surface area contributed by atoms with Crippen LogP contribution in [0.3, 0.4) is 0 Å². The van der Waals surface area contributed by atoms with Gasteiger partial charge in [0.05, 0.1) is 5.92 Å². The maximum Gasteiger partial charge on any atom is 0.334 e. The van der Waals surface area contributed by atoms with Gasteiger partial charge in [-0.3, -0.25) is 9.59 Å². The topological polar surface area (TPSA) is 119 Å². The first-order chi connectivity index (χ1) is 14.8. The normalized spacial score (nSPS) is 37.7. The highest BCUT2D eigenvalue weighted by atomic mass is 16.6. The number of aliphatic hydroxyl groups is 2. The van der Waals surface area contributed by atoms with E-state index in [9.17, 15) is 24.6 Å². The van der Waals surface area contributed by atoms with Crippen LogP contribution in [0.1, 0.15) is 60.3 Å². The highest BCUT2D eigenvalue weighted by Crippen LogP contribution is 2.39. The number of esters is 3. The average molecular weight is 451 g/mol. The van der Waals surface area contributed by atoms with Crippen LogP contribution in [0.15, 0.2) is 35.5 Å². The van der Waals surface area contributed by atoms with E-state index in [1.165, 1.54) is 20.8 Å². The van der Waals surface area contributed by atoms with Crippen molar-refractivity contribution in [1.29, 1.82) is 0 Å². The van der Waals surface area contributed by atoms with Gasteiger partial charge in [-0.15, -0.1) is 0 Å². The largest absolute Gasteiger partial charge is 0.461 e. The number of hydrogen-bond donors (Lipinski definition) is 2. The van der Waals surface area contributed by atoms with Crippen LogP contribution in [-0.4, -0.2) is 58.1 Å². The van der Waals surface area contributed by atoms with Crippen LogP contribution in [0.4, 0.5) is 0 Å². The van der Waals surface area contributed by atoms with Crippen LogP contribution in [0.2, 0.25) is 0 Å². The molecule has 0 spiro atoms. The van der Waals surface area contributed by atoms with Gasteiger partial charge in [-0.05, 0) is 33.6 Å². The number of hydrogen-bond acceptors (Lipinski definition) is 8. The summed E-state index contributed by atoms with van der Waals surface area (Å²) in [5.74, 6) is -2.78. The van der Waals surface area contributed by atoms with Crippen LogP contribution in [0.25, 0.3) is 0 Å². The smallest absolute Gasteiger partial charge is 0.334 e. The standard InChI is InChI=1S/C24H34O8/c1-13-8-7-9-14(2)12-18(30-16(4)25)20-15(3)23(28)32-21(20)22(27)24(6,29)19(11-10-13)31-17(5)26/h9-10,18-22,27,29H,3,7-8,11-12H2,1-2,4-6H3/b13-10+,14-9+/t18?,19-,20-,21+,22+,24+/m1/s1. The second kappa shape index (κ2) is 10.4. The molecule has 0 saturated carbocycles. The number of allylic oxidation sites excluding steroid dienone is 2. The van der Waals surface area contributed by atoms with E-state index in [0.717, 1.165) is 24.0 Å². The molecule has 8 heteroatoms. The molecule has 178 valence electrons. The van der Waals surface area contributed by atoms with E-state index in [1.54, 1.807) is 0 Å². The number of ether oxygens (including phenoxy) is 3. The number of carbonyl (C=O) groups excluding carboxylic acids is 3. The molecule has 1 heterocycles. The zero-order valence-corrected chi connectivity index (χ0v) is 19.4. The van der Waals surface area contributed by atoms with Gasteiger partial charge < -0.3 is 24.4 Å². The minimum atomic E-state index is -1.97. The zero-order chi connectivity index (χ0) is 24.2. The van der Waals surface area contributed by atoms with E-state index in [4.69, 9.17) is 14.2 Å². The molecule has 2 N–H and O–H groups in total. The third-order valence-corrected chi connectivity index (χ3v) is 6.08. The monoisotopic (exact) mass is 450 g/mol. The van der Waals surface area contributed by atoms with Crippen molar-refractivity contribution in [2.75, 3.05) is 0 Å². The molecule has 8 nitrogen and oxygen atoms in total. The molecule has 2 rings (SSSR count). The average Bonchev–Trinajstić information content (AvgIpc) is 2.97. The zero-order valence-electron chi connectivity index (χ0n) is 19.4. The van der Waals surface area contributed by atoms with E-state index in [2.05, 4.69) is 6.58 Å². The summed E-state index contributed by atoms with van der Waals surface area (Å²) in [6.07, 6.45) is 1.05. The molecule has 0 amide bonds. The molecule has 32 heavy (non-hydrogen) atoms. The summed E-state index contributed by atoms with van der Waals surface area (Å²) in [5, 5.41) is 22.5. The molecule has 0 aromatic carbocycles. The second-order valence-corrected chi connectivity index (χ2v) is 8.92. The fraction of sp³-hybridized carbons (Fsp3) is 0.625. The molecule has 6 atom stereocenters. The summed E-state index contributed by atoms with van der Waals surface area (Å²) < 4.78 is 16.3. The minimum absolute atomic E-state index is 0.0516. The SMILES string of the molecule is C=C1C(=O)O[C@H]2[C@H]1C(OC(C)=O)C/C(C)=C/CC/C(C)=C/C[C@@H](OC(C)=O)[C@](C)(O)[C@H]2O.